The SMILES string of the molecule is CC(C)(O)C(F)(F)C(=O)CCc1ccc2c(c1)CN(C1CCC(=O)NC1=O)C2=O. The molecule has 3 rings (SSSR count). The Balaban J connectivity index is 1.69. The summed E-state index contributed by atoms with van der Waals surface area (Å²) in [5.74, 6) is -6.42. The number of carbonyl (C=O) groups is 4. The minimum atomic E-state index is -3.86. The predicted molar refractivity (Wildman–Crippen MR) is 97.1 cm³/mol. The Morgan fingerprint density at radius 1 is 1.28 bits per heavy atom. The van der Waals surface area contributed by atoms with E-state index in [0.717, 1.165) is 13.8 Å². The number of imide groups is 1. The fourth-order valence-electron chi connectivity index (χ4n) is 3.54. The number of nitrogens with zero attached hydrogens (tertiary/aromatic N) is 1. The number of amides is 3. The molecular weight excluding hydrogens is 386 g/mol. The number of rotatable bonds is 6. The van der Waals surface area contributed by atoms with Crippen LogP contribution in [0.3, 0.4) is 0 Å². The first kappa shape index (κ1) is 21.0. The summed E-state index contributed by atoms with van der Waals surface area (Å²) in [6, 6.07) is 4.06. The van der Waals surface area contributed by atoms with Crippen LogP contribution in [-0.4, -0.2) is 51.1 Å². The smallest absolute Gasteiger partial charge is 0.332 e. The van der Waals surface area contributed by atoms with Gasteiger partial charge < -0.3 is 10.0 Å². The maximum atomic E-state index is 13.9. The van der Waals surface area contributed by atoms with Crippen LogP contribution < -0.4 is 5.32 Å². The Bertz CT molecular complexity index is 891. The highest BCUT2D eigenvalue weighted by molar-refractivity contribution is 6.05. The molecule has 29 heavy (non-hydrogen) atoms. The van der Waals surface area contributed by atoms with Crippen molar-refractivity contribution in [3.63, 3.8) is 0 Å². The average Bonchev–Trinajstić information content (AvgIpc) is 2.94. The second kappa shape index (κ2) is 7.29. The molecule has 1 unspecified atom stereocenters. The van der Waals surface area contributed by atoms with Crippen molar-refractivity contribution >= 4 is 23.5 Å². The highest BCUT2D eigenvalue weighted by atomic mass is 19.3. The van der Waals surface area contributed by atoms with Gasteiger partial charge in [-0.1, -0.05) is 12.1 Å². The first-order chi connectivity index (χ1) is 13.4. The van der Waals surface area contributed by atoms with Gasteiger partial charge in [-0.25, -0.2) is 0 Å². The maximum Gasteiger partial charge on any atom is 0.332 e. The van der Waals surface area contributed by atoms with Crippen LogP contribution in [-0.2, 0) is 27.3 Å². The number of aryl methyl sites for hydroxylation is 1. The summed E-state index contributed by atoms with van der Waals surface area (Å²) in [5, 5.41) is 11.7. The van der Waals surface area contributed by atoms with Crippen LogP contribution in [0.15, 0.2) is 18.2 Å². The van der Waals surface area contributed by atoms with Crippen molar-refractivity contribution in [3.05, 3.63) is 34.9 Å². The molecule has 0 bridgehead atoms. The monoisotopic (exact) mass is 408 g/mol. The number of fused-ring (bicyclic) bond motifs is 1. The van der Waals surface area contributed by atoms with Gasteiger partial charge in [-0.2, -0.15) is 8.78 Å². The van der Waals surface area contributed by atoms with Crippen LogP contribution in [0.25, 0.3) is 0 Å². The lowest BCUT2D eigenvalue weighted by Crippen LogP contribution is -2.52. The number of piperidine rings is 1. The van der Waals surface area contributed by atoms with E-state index >= 15 is 0 Å². The molecule has 0 spiro atoms. The molecule has 7 nitrogen and oxygen atoms in total. The van der Waals surface area contributed by atoms with Crippen LogP contribution in [0.5, 0.6) is 0 Å². The molecule has 0 saturated carbocycles. The molecule has 1 fully saturated rings. The van der Waals surface area contributed by atoms with E-state index < -0.39 is 35.7 Å². The van der Waals surface area contributed by atoms with Crippen molar-refractivity contribution in [3.8, 4) is 0 Å². The van der Waals surface area contributed by atoms with E-state index in [-0.39, 0.29) is 37.6 Å². The molecule has 1 aromatic carbocycles. The summed E-state index contributed by atoms with van der Waals surface area (Å²) in [7, 11) is 0. The number of hydrogen-bond acceptors (Lipinski definition) is 5. The normalized spacial score (nSPS) is 20.0. The molecule has 1 saturated heterocycles. The van der Waals surface area contributed by atoms with Crippen LogP contribution in [0.2, 0.25) is 0 Å². The van der Waals surface area contributed by atoms with Gasteiger partial charge in [-0.3, -0.25) is 24.5 Å². The van der Waals surface area contributed by atoms with Crippen LogP contribution in [0, 0.1) is 0 Å². The number of halogens is 2. The van der Waals surface area contributed by atoms with Crippen molar-refractivity contribution < 1.29 is 33.1 Å². The highest BCUT2D eigenvalue weighted by Crippen LogP contribution is 2.32. The molecule has 156 valence electrons. The zero-order chi connectivity index (χ0) is 21.6. The first-order valence-electron chi connectivity index (χ1n) is 9.32. The van der Waals surface area contributed by atoms with Gasteiger partial charge in [0, 0.05) is 24.9 Å². The van der Waals surface area contributed by atoms with Gasteiger partial charge in [-0.05, 0) is 43.9 Å². The van der Waals surface area contributed by atoms with Gasteiger partial charge in [0.05, 0.1) is 0 Å². The van der Waals surface area contributed by atoms with Crippen molar-refractivity contribution in [1.82, 2.24) is 10.2 Å². The summed E-state index contributed by atoms with van der Waals surface area (Å²) in [4.78, 5) is 49.2. The standard InChI is InChI=1S/C20H22F2N2O5/c1-19(2,29)20(21,22)15(25)7-4-11-3-5-13-12(9-11)10-24(18(13)28)14-6-8-16(26)23-17(14)27/h3,5,9,14,29H,4,6-8,10H2,1-2H3,(H,23,26,27). The number of hydrogen-bond donors (Lipinski definition) is 2. The van der Waals surface area contributed by atoms with E-state index in [1.807, 2.05) is 0 Å². The van der Waals surface area contributed by atoms with Crippen molar-refractivity contribution in [1.29, 1.82) is 0 Å². The molecule has 2 N–H and O–H groups in total. The third-order valence-electron chi connectivity index (χ3n) is 5.35. The number of ketones is 1. The third-order valence-corrected chi connectivity index (χ3v) is 5.35. The number of carbonyl (C=O) groups excluding carboxylic acids is 4. The quantitative estimate of drug-likeness (QED) is 0.692. The van der Waals surface area contributed by atoms with Gasteiger partial charge in [-0.15, -0.1) is 0 Å². The van der Waals surface area contributed by atoms with E-state index in [0.29, 0.717) is 16.7 Å². The summed E-state index contributed by atoms with van der Waals surface area (Å²) >= 11 is 0. The Morgan fingerprint density at radius 2 is 1.97 bits per heavy atom. The van der Waals surface area contributed by atoms with Crippen LogP contribution in [0.1, 0.15) is 54.6 Å². The molecule has 0 radical (unpaired) electrons. The summed E-state index contributed by atoms with van der Waals surface area (Å²) in [6.45, 7) is 1.94. The van der Waals surface area contributed by atoms with E-state index in [4.69, 9.17) is 0 Å². The molecular formula is C20H22F2N2O5. The predicted octanol–water partition coefficient (Wildman–Crippen LogP) is 1.36. The van der Waals surface area contributed by atoms with Crippen molar-refractivity contribution in [2.24, 2.45) is 0 Å². The number of aliphatic hydroxyl groups is 1. The lowest BCUT2D eigenvalue weighted by molar-refractivity contribution is -0.180. The van der Waals surface area contributed by atoms with E-state index in [1.54, 1.807) is 18.2 Å². The molecule has 1 atom stereocenters. The zero-order valence-corrected chi connectivity index (χ0v) is 16.1. The van der Waals surface area contributed by atoms with E-state index in [9.17, 15) is 33.1 Å². The van der Waals surface area contributed by atoms with Gasteiger partial charge in [0.15, 0.2) is 0 Å². The van der Waals surface area contributed by atoms with E-state index in [2.05, 4.69) is 5.32 Å². The van der Waals surface area contributed by atoms with Crippen molar-refractivity contribution in [2.75, 3.05) is 0 Å². The number of benzene rings is 1. The summed E-state index contributed by atoms with van der Waals surface area (Å²) in [6.07, 6.45) is -0.0257. The van der Waals surface area contributed by atoms with Crippen LogP contribution >= 0.6 is 0 Å². The largest absolute Gasteiger partial charge is 0.384 e. The summed E-state index contributed by atoms with van der Waals surface area (Å²) < 4.78 is 27.8. The highest BCUT2D eigenvalue weighted by Gasteiger charge is 2.51. The molecule has 3 amide bonds. The minimum Gasteiger partial charge on any atom is -0.384 e. The van der Waals surface area contributed by atoms with Crippen LogP contribution in [0.4, 0.5) is 8.78 Å². The lowest BCUT2D eigenvalue weighted by Gasteiger charge is -2.29. The Hall–Kier alpha value is -2.68. The second-order valence-corrected chi connectivity index (χ2v) is 7.95. The molecule has 9 heteroatoms. The summed E-state index contributed by atoms with van der Waals surface area (Å²) in [5.41, 5.74) is -0.802. The minimum absolute atomic E-state index is 0.0321. The fraction of sp³-hybridized carbons (Fsp3) is 0.500. The topological polar surface area (TPSA) is 104 Å². The van der Waals surface area contributed by atoms with Gasteiger partial charge in [0.2, 0.25) is 17.6 Å². The third kappa shape index (κ3) is 3.91. The number of nitrogens with one attached hydrogen (secondary N) is 1. The van der Waals surface area contributed by atoms with Gasteiger partial charge >= 0.3 is 5.92 Å². The Labute approximate surface area is 166 Å². The van der Waals surface area contributed by atoms with Gasteiger partial charge in [0.1, 0.15) is 11.6 Å². The molecule has 2 aliphatic rings. The average molecular weight is 408 g/mol. The lowest BCUT2D eigenvalue weighted by atomic mass is 9.93. The number of alkyl halides is 2. The molecule has 2 heterocycles. The zero-order valence-electron chi connectivity index (χ0n) is 16.1. The van der Waals surface area contributed by atoms with Gasteiger partial charge in [0.25, 0.3) is 5.91 Å². The first-order valence-corrected chi connectivity index (χ1v) is 9.32. The second-order valence-electron chi connectivity index (χ2n) is 7.95. The molecule has 1 aromatic rings. The Kier molecular flexibility index (Phi) is 5.29. The van der Waals surface area contributed by atoms with E-state index in [1.165, 1.54) is 4.90 Å². The Morgan fingerprint density at radius 3 is 2.59 bits per heavy atom. The van der Waals surface area contributed by atoms with Crippen molar-refractivity contribution in [2.45, 2.75) is 63.6 Å². The maximum absolute atomic E-state index is 13.9. The fourth-order valence-corrected chi connectivity index (χ4v) is 3.54. The molecule has 0 aromatic heterocycles. The molecule has 2 aliphatic heterocycles. The molecule has 0 aliphatic carbocycles. The number of Topliss-reactive ketones (excluding diaryl/α,β-unsaturated/α-hetero) is 1.